The van der Waals surface area contributed by atoms with Crippen molar-refractivity contribution in [2.75, 3.05) is 7.11 Å². The minimum absolute atomic E-state index is 0.116. The first-order valence-corrected chi connectivity index (χ1v) is 5.86. The molecular weight excluding hydrogens is 240 g/mol. The molecule has 0 atom stereocenters. The van der Waals surface area contributed by atoms with Crippen LogP contribution in [0.2, 0.25) is 0 Å². The summed E-state index contributed by atoms with van der Waals surface area (Å²) in [6.45, 7) is 0. The van der Waals surface area contributed by atoms with E-state index in [0.717, 1.165) is 16.8 Å². The van der Waals surface area contributed by atoms with Gasteiger partial charge in [0.2, 0.25) is 0 Å². The Balaban J connectivity index is 2.18. The quantitative estimate of drug-likeness (QED) is 0.761. The Morgan fingerprint density at radius 1 is 1.11 bits per heavy atom. The van der Waals surface area contributed by atoms with Crippen molar-refractivity contribution in [2.45, 2.75) is 0 Å². The first-order valence-electron chi connectivity index (χ1n) is 5.86. The van der Waals surface area contributed by atoms with Crippen LogP contribution in [0.5, 0.6) is 11.5 Å². The maximum atomic E-state index is 10.0. The Morgan fingerprint density at radius 3 is 2.74 bits per heavy atom. The zero-order chi connectivity index (χ0) is 13.2. The van der Waals surface area contributed by atoms with Crippen molar-refractivity contribution in [1.29, 1.82) is 0 Å². The molecule has 0 radical (unpaired) electrons. The van der Waals surface area contributed by atoms with Crippen LogP contribution in [0.15, 0.2) is 48.8 Å². The van der Waals surface area contributed by atoms with Crippen molar-refractivity contribution < 1.29 is 9.84 Å². The average Bonchev–Trinajstić information content (AvgIpc) is 2.48. The summed E-state index contributed by atoms with van der Waals surface area (Å²) in [5, 5.41) is 10.7. The van der Waals surface area contributed by atoms with Crippen molar-refractivity contribution in [2.24, 2.45) is 0 Å². The largest absolute Gasteiger partial charge is 0.504 e. The first-order chi connectivity index (χ1) is 9.29. The van der Waals surface area contributed by atoms with Gasteiger partial charge < -0.3 is 9.84 Å². The van der Waals surface area contributed by atoms with E-state index in [1.807, 2.05) is 30.3 Å². The number of phenolic OH excluding ortho intramolecular Hbond substituents is 1. The Labute approximate surface area is 110 Å². The molecule has 0 aliphatic heterocycles. The summed E-state index contributed by atoms with van der Waals surface area (Å²) in [4.78, 5) is 8.60. The maximum Gasteiger partial charge on any atom is 0.167 e. The van der Waals surface area contributed by atoms with Gasteiger partial charge in [0.1, 0.15) is 0 Å². The fourth-order valence-electron chi connectivity index (χ4n) is 2.01. The van der Waals surface area contributed by atoms with Crippen molar-refractivity contribution in [1.82, 2.24) is 9.97 Å². The van der Waals surface area contributed by atoms with Crippen LogP contribution in [-0.4, -0.2) is 22.2 Å². The number of rotatable bonds is 2. The van der Waals surface area contributed by atoms with Gasteiger partial charge in [-0.05, 0) is 36.4 Å². The molecule has 4 nitrogen and oxygen atoms in total. The molecule has 0 amide bonds. The van der Waals surface area contributed by atoms with Gasteiger partial charge in [-0.2, -0.15) is 0 Å². The highest BCUT2D eigenvalue weighted by Gasteiger charge is 2.08. The smallest absolute Gasteiger partial charge is 0.167 e. The van der Waals surface area contributed by atoms with Crippen LogP contribution in [0, 0.1) is 0 Å². The van der Waals surface area contributed by atoms with Crippen LogP contribution in [0.1, 0.15) is 0 Å². The Kier molecular flexibility index (Phi) is 2.76. The molecule has 0 unspecified atom stereocenters. The zero-order valence-electron chi connectivity index (χ0n) is 10.4. The summed E-state index contributed by atoms with van der Waals surface area (Å²) in [6, 6.07) is 11.0. The van der Waals surface area contributed by atoms with E-state index >= 15 is 0 Å². The molecule has 2 heterocycles. The van der Waals surface area contributed by atoms with Crippen molar-refractivity contribution >= 4 is 10.9 Å². The van der Waals surface area contributed by atoms with Gasteiger partial charge in [-0.3, -0.25) is 4.98 Å². The lowest BCUT2D eigenvalue weighted by molar-refractivity contribution is 0.376. The van der Waals surface area contributed by atoms with E-state index in [2.05, 4.69) is 9.97 Å². The lowest BCUT2D eigenvalue weighted by Crippen LogP contribution is -1.89. The lowest BCUT2D eigenvalue weighted by Gasteiger charge is -2.07. The second-order valence-electron chi connectivity index (χ2n) is 4.12. The molecule has 3 rings (SSSR count). The summed E-state index contributed by atoms with van der Waals surface area (Å²) < 4.78 is 5.08. The molecule has 2 aromatic heterocycles. The fraction of sp³-hybridized carbons (Fsp3) is 0.0667. The number of ether oxygens (including phenoxy) is 1. The SMILES string of the molecule is COc1ccc2nc(-c3cccnc3)ccc2c1O. The highest BCUT2D eigenvalue weighted by atomic mass is 16.5. The van der Waals surface area contributed by atoms with E-state index in [1.54, 1.807) is 18.5 Å². The molecule has 0 saturated carbocycles. The lowest BCUT2D eigenvalue weighted by atomic mass is 10.1. The van der Waals surface area contributed by atoms with Crippen molar-refractivity contribution in [3.05, 3.63) is 48.8 Å². The van der Waals surface area contributed by atoms with Crippen LogP contribution in [0.25, 0.3) is 22.2 Å². The Bertz CT molecular complexity index is 727. The molecule has 94 valence electrons. The third-order valence-electron chi connectivity index (χ3n) is 2.98. The normalized spacial score (nSPS) is 10.6. The molecule has 19 heavy (non-hydrogen) atoms. The van der Waals surface area contributed by atoms with E-state index in [1.165, 1.54) is 7.11 Å². The number of hydrogen-bond acceptors (Lipinski definition) is 4. The number of hydrogen-bond donors (Lipinski definition) is 1. The molecule has 4 heteroatoms. The van der Waals surface area contributed by atoms with Crippen molar-refractivity contribution in [3.63, 3.8) is 0 Å². The molecule has 1 N–H and O–H groups in total. The van der Waals surface area contributed by atoms with E-state index in [9.17, 15) is 5.11 Å². The standard InChI is InChI=1S/C15H12N2O2/c1-19-14-7-6-13-11(15(14)18)4-5-12(17-13)10-3-2-8-16-9-10/h2-9,18H,1H3. The van der Waals surface area contributed by atoms with E-state index < -0.39 is 0 Å². The summed E-state index contributed by atoms with van der Waals surface area (Å²) >= 11 is 0. The second-order valence-corrected chi connectivity index (χ2v) is 4.12. The number of phenols is 1. The molecule has 0 bridgehead atoms. The summed E-state index contributed by atoms with van der Waals surface area (Å²) in [7, 11) is 1.53. The van der Waals surface area contributed by atoms with Crippen LogP contribution in [0.3, 0.4) is 0 Å². The Hall–Kier alpha value is -2.62. The average molecular weight is 252 g/mol. The van der Waals surface area contributed by atoms with E-state index in [4.69, 9.17) is 4.74 Å². The summed E-state index contributed by atoms with van der Waals surface area (Å²) in [6.07, 6.45) is 3.48. The number of methoxy groups -OCH3 is 1. The van der Waals surface area contributed by atoms with Gasteiger partial charge in [0.15, 0.2) is 11.5 Å². The number of pyridine rings is 2. The highest BCUT2D eigenvalue weighted by Crippen LogP contribution is 2.34. The topological polar surface area (TPSA) is 55.2 Å². The van der Waals surface area contributed by atoms with Crippen LogP contribution < -0.4 is 4.74 Å². The van der Waals surface area contributed by atoms with Gasteiger partial charge in [0, 0.05) is 23.3 Å². The predicted octanol–water partition coefficient (Wildman–Crippen LogP) is 3.01. The molecule has 0 aliphatic rings. The molecule has 0 spiro atoms. The molecule has 3 aromatic rings. The van der Waals surface area contributed by atoms with Crippen LogP contribution >= 0.6 is 0 Å². The third-order valence-corrected chi connectivity index (χ3v) is 2.98. The maximum absolute atomic E-state index is 10.0. The van der Waals surface area contributed by atoms with Gasteiger partial charge in [-0.15, -0.1) is 0 Å². The van der Waals surface area contributed by atoms with Crippen molar-refractivity contribution in [3.8, 4) is 22.8 Å². The monoisotopic (exact) mass is 252 g/mol. The number of benzene rings is 1. The summed E-state index contributed by atoms with van der Waals surface area (Å²) in [5.41, 5.74) is 2.49. The number of fused-ring (bicyclic) bond motifs is 1. The molecular formula is C15H12N2O2. The third kappa shape index (κ3) is 1.97. The molecule has 0 aliphatic carbocycles. The van der Waals surface area contributed by atoms with Gasteiger partial charge in [-0.1, -0.05) is 0 Å². The van der Waals surface area contributed by atoms with Crippen LogP contribution in [-0.2, 0) is 0 Å². The van der Waals surface area contributed by atoms with Gasteiger partial charge in [0.25, 0.3) is 0 Å². The minimum atomic E-state index is 0.116. The van der Waals surface area contributed by atoms with E-state index in [0.29, 0.717) is 11.1 Å². The number of nitrogens with zero attached hydrogens (tertiary/aromatic N) is 2. The predicted molar refractivity (Wildman–Crippen MR) is 73.2 cm³/mol. The first kappa shape index (κ1) is 11.5. The van der Waals surface area contributed by atoms with Gasteiger partial charge in [-0.25, -0.2) is 4.98 Å². The fourth-order valence-corrected chi connectivity index (χ4v) is 2.01. The van der Waals surface area contributed by atoms with Crippen LogP contribution in [0.4, 0.5) is 0 Å². The number of aromatic hydroxyl groups is 1. The van der Waals surface area contributed by atoms with E-state index in [-0.39, 0.29) is 5.75 Å². The Morgan fingerprint density at radius 2 is 2.00 bits per heavy atom. The van der Waals surface area contributed by atoms with Gasteiger partial charge in [0.05, 0.1) is 18.3 Å². The minimum Gasteiger partial charge on any atom is -0.504 e. The second kappa shape index (κ2) is 4.57. The van der Waals surface area contributed by atoms with Gasteiger partial charge >= 0.3 is 0 Å². The number of aromatic nitrogens is 2. The molecule has 0 fully saturated rings. The highest BCUT2D eigenvalue weighted by molar-refractivity contribution is 5.89. The summed E-state index contributed by atoms with van der Waals surface area (Å²) in [5.74, 6) is 0.564. The zero-order valence-corrected chi connectivity index (χ0v) is 10.4. The molecule has 0 saturated heterocycles. The molecule has 1 aromatic carbocycles.